The van der Waals surface area contributed by atoms with Gasteiger partial charge in [0, 0.05) is 17.3 Å². The van der Waals surface area contributed by atoms with Gasteiger partial charge in [0.15, 0.2) is 0 Å². The number of nitrogens with two attached hydrogens (primary N) is 1. The van der Waals surface area contributed by atoms with E-state index < -0.39 is 6.67 Å². The molecule has 3 rings (SSSR count). The molecule has 0 radical (unpaired) electrons. The zero-order valence-corrected chi connectivity index (χ0v) is 11.3. The Hall–Kier alpha value is -2.69. The predicted molar refractivity (Wildman–Crippen MR) is 80.9 cm³/mol. The highest BCUT2D eigenvalue weighted by Crippen LogP contribution is 2.22. The molecule has 0 spiro atoms. The van der Waals surface area contributed by atoms with Crippen molar-refractivity contribution in [3.63, 3.8) is 0 Å². The summed E-state index contributed by atoms with van der Waals surface area (Å²) in [6.07, 6.45) is 1.70. The molecule has 1 heterocycles. The van der Waals surface area contributed by atoms with Gasteiger partial charge < -0.3 is 10.5 Å². The van der Waals surface area contributed by atoms with Crippen molar-refractivity contribution in [1.29, 1.82) is 0 Å². The molecular formula is C16H14FN3O. The van der Waals surface area contributed by atoms with Gasteiger partial charge in [-0.25, -0.2) is 9.37 Å². The van der Waals surface area contributed by atoms with E-state index in [9.17, 15) is 4.39 Å². The molecular weight excluding hydrogens is 268 g/mol. The molecule has 0 aliphatic heterocycles. The number of nitrogens with zero attached hydrogens (tertiary/aromatic N) is 2. The predicted octanol–water partition coefficient (Wildman–Crippen LogP) is 3.23. The molecule has 4 nitrogen and oxygen atoms in total. The SMILES string of the molecule is Nc1ccc(-c2cnc3cc(OCC[18F])ccc3n2)cc1. The Morgan fingerprint density at radius 1 is 1.05 bits per heavy atom. The van der Waals surface area contributed by atoms with Gasteiger partial charge >= 0.3 is 0 Å². The number of nitrogen functional groups attached to an aromatic ring is 1. The first kappa shape index (κ1) is 13.3. The minimum Gasteiger partial charge on any atom is -0.491 e. The molecule has 2 N–H and O–H groups in total. The van der Waals surface area contributed by atoms with E-state index in [2.05, 4.69) is 9.97 Å². The van der Waals surface area contributed by atoms with Crippen molar-refractivity contribution in [3.8, 4) is 17.0 Å². The van der Waals surface area contributed by atoms with Crippen LogP contribution in [-0.2, 0) is 0 Å². The minimum absolute atomic E-state index is 0.0441. The minimum atomic E-state index is -0.514. The average Bonchev–Trinajstić information content (AvgIpc) is 2.53. The normalized spacial score (nSPS) is 10.7. The van der Waals surface area contributed by atoms with Gasteiger partial charge in [0.1, 0.15) is 19.0 Å². The van der Waals surface area contributed by atoms with Crippen molar-refractivity contribution >= 4 is 16.7 Å². The van der Waals surface area contributed by atoms with Crippen LogP contribution in [0.5, 0.6) is 5.75 Å². The lowest BCUT2D eigenvalue weighted by Crippen LogP contribution is -1.98. The zero-order valence-electron chi connectivity index (χ0n) is 11.3. The van der Waals surface area contributed by atoms with Gasteiger partial charge in [0.25, 0.3) is 0 Å². The van der Waals surface area contributed by atoms with Crippen LogP contribution in [0.3, 0.4) is 0 Å². The first-order valence-corrected chi connectivity index (χ1v) is 6.58. The summed E-state index contributed by atoms with van der Waals surface area (Å²) < 4.78 is 17.3. The van der Waals surface area contributed by atoms with Crippen LogP contribution in [0.25, 0.3) is 22.3 Å². The van der Waals surface area contributed by atoms with E-state index in [4.69, 9.17) is 10.5 Å². The third-order valence-electron chi connectivity index (χ3n) is 3.07. The number of ether oxygens (including phenoxy) is 1. The molecule has 21 heavy (non-hydrogen) atoms. The number of alkyl halides is 1. The molecule has 0 saturated carbocycles. The molecule has 0 atom stereocenters. The van der Waals surface area contributed by atoms with E-state index >= 15 is 0 Å². The van der Waals surface area contributed by atoms with Gasteiger partial charge in [-0.05, 0) is 24.3 Å². The number of aromatic nitrogens is 2. The second-order valence-electron chi connectivity index (χ2n) is 4.57. The summed E-state index contributed by atoms with van der Waals surface area (Å²) in [5.74, 6) is 0.592. The molecule has 0 aliphatic carbocycles. The average molecular weight is 282 g/mol. The van der Waals surface area contributed by atoms with Crippen molar-refractivity contribution in [2.75, 3.05) is 19.0 Å². The van der Waals surface area contributed by atoms with Gasteiger partial charge in [-0.2, -0.15) is 0 Å². The maximum atomic E-state index is 12.1. The first-order chi connectivity index (χ1) is 10.3. The van der Waals surface area contributed by atoms with Crippen LogP contribution >= 0.6 is 0 Å². The summed E-state index contributed by atoms with van der Waals surface area (Å²) in [7, 11) is 0. The molecule has 1 aromatic heterocycles. The van der Waals surface area contributed by atoms with Gasteiger partial charge in [0.05, 0.1) is 22.9 Å². The van der Waals surface area contributed by atoms with E-state index in [1.54, 1.807) is 18.3 Å². The van der Waals surface area contributed by atoms with Crippen molar-refractivity contribution in [3.05, 3.63) is 48.7 Å². The summed E-state index contributed by atoms with van der Waals surface area (Å²) in [4.78, 5) is 8.94. The maximum absolute atomic E-state index is 12.1. The topological polar surface area (TPSA) is 61.0 Å². The molecule has 5 heteroatoms. The quantitative estimate of drug-likeness (QED) is 0.746. The molecule has 0 unspecified atom stereocenters. The third-order valence-corrected chi connectivity index (χ3v) is 3.07. The Balaban J connectivity index is 1.95. The Morgan fingerprint density at radius 3 is 2.62 bits per heavy atom. The molecule has 0 fully saturated rings. The van der Waals surface area contributed by atoms with Gasteiger partial charge in [-0.3, -0.25) is 4.98 Å². The summed E-state index contributed by atoms with van der Waals surface area (Å²) in [6, 6.07) is 12.8. The van der Waals surface area contributed by atoms with Gasteiger partial charge in [-0.1, -0.05) is 12.1 Å². The standard InChI is InChI=1S/C16H14FN3O/c17-7-8-21-13-5-6-14-15(9-13)19-10-16(20-14)11-1-3-12(18)4-2-11/h1-6,9-10H,7-8,18H2/i17-1. The number of rotatable bonds is 4. The highest BCUT2D eigenvalue weighted by molar-refractivity contribution is 5.78. The monoisotopic (exact) mass is 282 g/mol. The summed E-state index contributed by atoms with van der Waals surface area (Å²) in [5, 5.41) is 0. The number of hydrogen-bond donors (Lipinski definition) is 1. The molecule has 3 aromatic rings. The second kappa shape index (κ2) is 5.75. The zero-order chi connectivity index (χ0) is 14.7. The number of benzene rings is 2. The van der Waals surface area contributed by atoms with Crippen molar-refractivity contribution in [2.24, 2.45) is 0 Å². The number of anilines is 1. The van der Waals surface area contributed by atoms with E-state index in [-0.39, 0.29) is 6.61 Å². The second-order valence-corrected chi connectivity index (χ2v) is 4.57. The smallest absolute Gasteiger partial charge is 0.123 e. The number of hydrogen-bond acceptors (Lipinski definition) is 4. The fourth-order valence-corrected chi connectivity index (χ4v) is 2.03. The van der Waals surface area contributed by atoms with Crippen LogP contribution in [0.1, 0.15) is 0 Å². The third kappa shape index (κ3) is 2.91. The van der Waals surface area contributed by atoms with Crippen LogP contribution in [-0.4, -0.2) is 23.2 Å². The largest absolute Gasteiger partial charge is 0.491 e. The van der Waals surface area contributed by atoms with Crippen LogP contribution in [0.15, 0.2) is 48.7 Å². The van der Waals surface area contributed by atoms with Gasteiger partial charge in [-0.15, -0.1) is 0 Å². The molecule has 0 saturated heterocycles. The highest BCUT2D eigenvalue weighted by Gasteiger charge is 2.04. The summed E-state index contributed by atoms with van der Waals surface area (Å²) in [5.41, 5.74) is 9.59. The Labute approximate surface area is 121 Å². The molecule has 0 bridgehead atoms. The number of fused-ring (bicyclic) bond motifs is 1. The van der Waals surface area contributed by atoms with Crippen molar-refractivity contribution < 1.29 is 9.13 Å². The van der Waals surface area contributed by atoms with Crippen LogP contribution in [0.4, 0.5) is 10.1 Å². The lowest BCUT2D eigenvalue weighted by molar-refractivity contribution is 0.273. The summed E-state index contributed by atoms with van der Waals surface area (Å²) >= 11 is 0. The Morgan fingerprint density at radius 2 is 1.86 bits per heavy atom. The van der Waals surface area contributed by atoms with Crippen LogP contribution in [0, 0.1) is 0 Å². The molecule has 106 valence electrons. The van der Waals surface area contributed by atoms with Crippen LogP contribution < -0.4 is 10.5 Å². The Bertz CT molecular complexity index is 759. The van der Waals surface area contributed by atoms with E-state index in [1.807, 2.05) is 30.3 Å². The van der Waals surface area contributed by atoms with Gasteiger partial charge in [0.2, 0.25) is 0 Å². The molecule has 0 amide bonds. The molecule has 0 aliphatic rings. The lowest BCUT2D eigenvalue weighted by Gasteiger charge is -2.06. The van der Waals surface area contributed by atoms with Crippen LogP contribution in [0.2, 0.25) is 0 Å². The van der Waals surface area contributed by atoms with Crippen molar-refractivity contribution in [1.82, 2.24) is 9.97 Å². The molecule has 2 aromatic carbocycles. The lowest BCUT2D eigenvalue weighted by atomic mass is 10.1. The fourth-order valence-electron chi connectivity index (χ4n) is 2.03. The highest BCUT2D eigenvalue weighted by atomic mass is 18.2. The van der Waals surface area contributed by atoms with Crippen molar-refractivity contribution in [2.45, 2.75) is 0 Å². The Kier molecular flexibility index (Phi) is 3.64. The number of halogens is 1. The fraction of sp³-hybridized carbons (Fsp3) is 0.125. The first-order valence-electron chi connectivity index (χ1n) is 6.58. The maximum Gasteiger partial charge on any atom is 0.123 e. The summed E-state index contributed by atoms with van der Waals surface area (Å²) in [6.45, 7) is -0.470. The van der Waals surface area contributed by atoms with E-state index in [1.165, 1.54) is 0 Å². The van der Waals surface area contributed by atoms with E-state index in [0.29, 0.717) is 17.0 Å². The van der Waals surface area contributed by atoms with E-state index in [0.717, 1.165) is 16.8 Å².